The molecule has 0 aliphatic carbocycles. The molecule has 2 atom stereocenters. The maximum Gasteiger partial charge on any atom is 0.321 e. The zero-order valence-electron chi connectivity index (χ0n) is 7.66. The monoisotopic (exact) mass is 159 g/mol. The Labute approximate surface area is 68.0 Å². The van der Waals surface area contributed by atoms with Crippen molar-refractivity contribution in [3.05, 3.63) is 0 Å². The number of carbonyl (C=O) groups is 1. The molecule has 0 aromatic heterocycles. The van der Waals surface area contributed by atoms with Crippen molar-refractivity contribution in [2.24, 2.45) is 5.92 Å². The molecule has 3 nitrogen and oxygen atoms in total. The zero-order chi connectivity index (χ0) is 9.02. The van der Waals surface area contributed by atoms with E-state index in [1.165, 1.54) is 0 Å². The molecule has 0 radical (unpaired) electrons. The van der Waals surface area contributed by atoms with E-state index < -0.39 is 5.97 Å². The third-order valence-corrected chi connectivity index (χ3v) is 1.99. The molecule has 0 rings (SSSR count). The first kappa shape index (κ1) is 10.4. The van der Waals surface area contributed by atoms with Gasteiger partial charge in [-0.05, 0) is 20.0 Å². The summed E-state index contributed by atoms with van der Waals surface area (Å²) in [5.74, 6) is -0.521. The smallest absolute Gasteiger partial charge is 0.321 e. The quantitative estimate of drug-likeness (QED) is 0.666. The van der Waals surface area contributed by atoms with Gasteiger partial charge in [0.25, 0.3) is 0 Å². The summed E-state index contributed by atoms with van der Waals surface area (Å²) in [5, 5.41) is 8.80. The first-order valence-corrected chi connectivity index (χ1v) is 3.90. The lowest BCUT2D eigenvalue weighted by atomic mass is 9.99. The zero-order valence-corrected chi connectivity index (χ0v) is 7.66. The predicted molar refractivity (Wildman–Crippen MR) is 44.6 cm³/mol. The number of rotatable bonds is 4. The Hall–Kier alpha value is -0.570. The van der Waals surface area contributed by atoms with Crippen molar-refractivity contribution >= 4 is 5.97 Å². The third kappa shape index (κ3) is 2.89. The minimum atomic E-state index is -0.732. The largest absolute Gasteiger partial charge is 0.480 e. The highest BCUT2D eigenvalue weighted by Gasteiger charge is 2.24. The van der Waals surface area contributed by atoms with Gasteiger partial charge in [-0.1, -0.05) is 20.3 Å². The number of carboxylic acids is 1. The van der Waals surface area contributed by atoms with E-state index in [-0.39, 0.29) is 12.0 Å². The Bertz CT molecular complexity index is 134. The normalized spacial score (nSPS) is 16.5. The van der Waals surface area contributed by atoms with Gasteiger partial charge in [0.05, 0.1) is 0 Å². The average Bonchev–Trinajstić information content (AvgIpc) is 1.85. The van der Waals surface area contributed by atoms with Crippen LogP contribution in [-0.4, -0.2) is 36.1 Å². The van der Waals surface area contributed by atoms with Gasteiger partial charge in [0.2, 0.25) is 0 Å². The van der Waals surface area contributed by atoms with Crippen molar-refractivity contribution < 1.29 is 9.90 Å². The lowest BCUT2D eigenvalue weighted by Gasteiger charge is -2.25. The molecule has 0 aromatic rings. The number of hydrogen-bond donors (Lipinski definition) is 1. The molecule has 66 valence electrons. The molecular weight excluding hydrogens is 142 g/mol. The van der Waals surface area contributed by atoms with E-state index in [1.54, 1.807) is 19.0 Å². The standard InChI is InChI=1S/C8H17NO2/c1-5-6(2)7(8(10)11)9(3)4/h6-7H,5H2,1-4H3,(H,10,11)/t6?,7-/m1/s1. The van der Waals surface area contributed by atoms with E-state index in [1.807, 2.05) is 13.8 Å². The van der Waals surface area contributed by atoms with E-state index in [4.69, 9.17) is 5.11 Å². The molecule has 0 bridgehead atoms. The Morgan fingerprint density at radius 3 is 2.09 bits per heavy atom. The number of likely N-dealkylation sites (N-methyl/N-ethyl adjacent to an activating group) is 1. The second kappa shape index (κ2) is 4.34. The van der Waals surface area contributed by atoms with Crippen molar-refractivity contribution in [2.75, 3.05) is 14.1 Å². The Kier molecular flexibility index (Phi) is 4.11. The summed E-state index contributed by atoms with van der Waals surface area (Å²) in [4.78, 5) is 12.4. The fourth-order valence-corrected chi connectivity index (χ4v) is 1.20. The number of hydrogen-bond acceptors (Lipinski definition) is 2. The fourth-order valence-electron chi connectivity index (χ4n) is 1.20. The van der Waals surface area contributed by atoms with Crippen LogP contribution in [0.3, 0.4) is 0 Å². The molecule has 11 heavy (non-hydrogen) atoms. The van der Waals surface area contributed by atoms with E-state index in [0.717, 1.165) is 6.42 Å². The maximum atomic E-state index is 10.7. The summed E-state index contributed by atoms with van der Waals surface area (Å²) in [6.07, 6.45) is 0.898. The summed E-state index contributed by atoms with van der Waals surface area (Å²) in [7, 11) is 3.59. The summed E-state index contributed by atoms with van der Waals surface area (Å²) in [5.41, 5.74) is 0. The summed E-state index contributed by atoms with van der Waals surface area (Å²) >= 11 is 0. The molecule has 0 saturated heterocycles. The van der Waals surface area contributed by atoms with Crippen LogP contribution in [0.5, 0.6) is 0 Å². The molecule has 0 spiro atoms. The second-order valence-corrected chi connectivity index (χ2v) is 3.13. The van der Waals surface area contributed by atoms with Crippen LogP contribution < -0.4 is 0 Å². The molecule has 1 unspecified atom stereocenters. The predicted octanol–water partition coefficient (Wildman–Crippen LogP) is 1.05. The van der Waals surface area contributed by atoms with Crippen molar-refractivity contribution in [2.45, 2.75) is 26.3 Å². The molecule has 3 heteroatoms. The van der Waals surface area contributed by atoms with Crippen LogP contribution in [0.15, 0.2) is 0 Å². The van der Waals surface area contributed by atoms with Gasteiger partial charge >= 0.3 is 5.97 Å². The van der Waals surface area contributed by atoms with Crippen molar-refractivity contribution in [1.29, 1.82) is 0 Å². The van der Waals surface area contributed by atoms with Crippen LogP contribution in [0.1, 0.15) is 20.3 Å². The minimum Gasteiger partial charge on any atom is -0.480 e. The Balaban J connectivity index is 4.21. The maximum absolute atomic E-state index is 10.7. The third-order valence-electron chi connectivity index (χ3n) is 1.99. The van der Waals surface area contributed by atoms with Crippen molar-refractivity contribution in [3.63, 3.8) is 0 Å². The van der Waals surface area contributed by atoms with Crippen molar-refractivity contribution in [3.8, 4) is 0 Å². The first-order chi connectivity index (χ1) is 5.00. The minimum absolute atomic E-state index is 0.211. The average molecular weight is 159 g/mol. The first-order valence-electron chi connectivity index (χ1n) is 3.90. The summed E-state index contributed by atoms with van der Waals surface area (Å²) in [6.45, 7) is 3.96. The van der Waals surface area contributed by atoms with Crippen LogP contribution in [0.4, 0.5) is 0 Å². The molecule has 1 N–H and O–H groups in total. The lowest BCUT2D eigenvalue weighted by molar-refractivity contribution is -0.144. The number of nitrogens with zero attached hydrogens (tertiary/aromatic N) is 1. The van der Waals surface area contributed by atoms with Gasteiger partial charge < -0.3 is 5.11 Å². The number of aliphatic carboxylic acids is 1. The Morgan fingerprint density at radius 1 is 1.55 bits per heavy atom. The van der Waals surface area contributed by atoms with Crippen LogP contribution in [0.2, 0.25) is 0 Å². The fraction of sp³-hybridized carbons (Fsp3) is 0.875. The van der Waals surface area contributed by atoms with Crippen LogP contribution in [0.25, 0.3) is 0 Å². The van der Waals surface area contributed by atoms with E-state index in [0.29, 0.717) is 0 Å². The highest BCUT2D eigenvalue weighted by atomic mass is 16.4. The summed E-state index contributed by atoms with van der Waals surface area (Å²) < 4.78 is 0. The van der Waals surface area contributed by atoms with Gasteiger partial charge in [0.1, 0.15) is 6.04 Å². The molecule has 0 fully saturated rings. The van der Waals surface area contributed by atoms with E-state index >= 15 is 0 Å². The molecule has 0 aliphatic heterocycles. The van der Waals surface area contributed by atoms with Crippen molar-refractivity contribution in [1.82, 2.24) is 4.90 Å². The van der Waals surface area contributed by atoms with E-state index in [9.17, 15) is 4.79 Å². The highest BCUT2D eigenvalue weighted by molar-refractivity contribution is 5.73. The van der Waals surface area contributed by atoms with Crippen LogP contribution in [0, 0.1) is 5.92 Å². The molecule has 0 amide bonds. The van der Waals surface area contributed by atoms with Gasteiger partial charge in [-0.15, -0.1) is 0 Å². The molecular formula is C8H17NO2. The molecule has 0 aromatic carbocycles. The van der Waals surface area contributed by atoms with Gasteiger partial charge in [-0.25, -0.2) is 0 Å². The van der Waals surface area contributed by atoms with Crippen LogP contribution in [-0.2, 0) is 4.79 Å². The Morgan fingerprint density at radius 2 is 2.00 bits per heavy atom. The second-order valence-electron chi connectivity index (χ2n) is 3.13. The van der Waals surface area contributed by atoms with Gasteiger partial charge in [0, 0.05) is 0 Å². The highest BCUT2D eigenvalue weighted by Crippen LogP contribution is 2.11. The topological polar surface area (TPSA) is 40.5 Å². The van der Waals surface area contributed by atoms with Gasteiger partial charge in [-0.3, -0.25) is 9.69 Å². The van der Waals surface area contributed by atoms with Crippen LogP contribution >= 0.6 is 0 Å². The number of carboxylic acid groups (broad SMARTS) is 1. The van der Waals surface area contributed by atoms with Gasteiger partial charge in [-0.2, -0.15) is 0 Å². The van der Waals surface area contributed by atoms with Gasteiger partial charge in [0.15, 0.2) is 0 Å². The van der Waals surface area contributed by atoms with E-state index in [2.05, 4.69) is 0 Å². The lowest BCUT2D eigenvalue weighted by Crippen LogP contribution is -2.40. The SMILES string of the molecule is CCC(C)[C@H](C(=O)O)N(C)C. The molecule has 0 heterocycles. The molecule has 0 aliphatic rings. The summed E-state index contributed by atoms with van der Waals surface area (Å²) in [6, 6.07) is -0.347. The molecule has 0 saturated carbocycles.